The summed E-state index contributed by atoms with van der Waals surface area (Å²) in [7, 11) is 0. The van der Waals surface area contributed by atoms with Gasteiger partial charge in [0.1, 0.15) is 17.4 Å². The molecule has 0 aliphatic rings. The minimum Gasteiger partial charge on any atom is -0.462 e. The fourth-order valence-electron chi connectivity index (χ4n) is 2.51. The molecule has 0 aliphatic heterocycles. The Kier molecular flexibility index (Phi) is 6.72. The van der Waals surface area contributed by atoms with Crippen molar-refractivity contribution in [1.82, 2.24) is 15.0 Å². The van der Waals surface area contributed by atoms with Crippen molar-refractivity contribution in [2.24, 2.45) is 0 Å². The van der Waals surface area contributed by atoms with Crippen LogP contribution in [0.1, 0.15) is 22.8 Å². The Balaban J connectivity index is 1.93. The first-order chi connectivity index (χ1) is 14.5. The average molecular weight is 443 g/mol. The van der Waals surface area contributed by atoms with Crippen LogP contribution in [0.2, 0.25) is 5.02 Å². The minimum absolute atomic E-state index is 0.110. The highest BCUT2D eigenvalue weighted by molar-refractivity contribution is 7.98. The van der Waals surface area contributed by atoms with Crippen LogP contribution in [-0.2, 0) is 4.74 Å². The van der Waals surface area contributed by atoms with Crippen LogP contribution in [-0.4, -0.2) is 33.8 Å². The predicted octanol–water partition coefficient (Wildman–Crippen LogP) is 4.05. The van der Waals surface area contributed by atoms with Gasteiger partial charge in [-0.2, -0.15) is 5.26 Å². The molecule has 152 valence electrons. The first-order valence-corrected chi connectivity index (χ1v) is 10.3. The molecule has 10 heteroatoms. The maximum absolute atomic E-state index is 12.1. The van der Waals surface area contributed by atoms with E-state index in [1.54, 1.807) is 31.4 Å². The Hall–Kier alpha value is -3.35. The molecule has 1 aromatic carbocycles. The summed E-state index contributed by atoms with van der Waals surface area (Å²) in [4.78, 5) is 34.9. The molecule has 0 unspecified atom stereocenters. The van der Waals surface area contributed by atoms with E-state index >= 15 is 0 Å². The normalized spacial score (nSPS) is 10.3. The molecule has 3 aromatic rings. The Morgan fingerprint density at radius 3 is 2.80 bits per heavy atom. The lowest BCUT2D eigenvalue weighted by Crippen LogP contribution is -2.14. The third-order valence-corrected chi connectivity index (χ3v) is 4.74. The molecule has 0 spiro atoms. The molecule has 8 nitrogen and oxygen atoms in total. The van der Waals surface area contributed by atoms with E-state index in [0.29, 0.717) is 16.3 Å². The molecule has 30 heavy (non-hydrogen) atoms. The van der Waals surface area contributed by atoms with E-state index in [9.17, 15) is 14.9 Å². The number of benzene rings is 1. The van der Waals surface area contributed by atoms with Crippen LogP contribution >= 0.6 is 23.4 Å². The number of ether oxygens (including phenoxy) is 2. The van der Waals surface area contributed by atoms with Gasteiger partial charge >= 0.3 is 5.97 Å². The van der Waals surface area contributed by atoms with Crippen LogP contribution in [0.5, 0.6) is 11.6 Å². The van der Waals surface area contributed by atoms with Gasteiger partial charge in [0.2, 0.25) is 5.88 Å². The number of thioether (sulfide) groups is 1. The lowest BCUT2D eigenvalue weighted by Gasteiger charge is -2.10. The van der Waals surface area contributed by atoms with Gasteiger partial charge in [-0.15, -0.1) is 0 Å². The summed E-state index contributed by atoms with van der Waals surface area (Å²) in [6.07, 6.45) is 3.18. The molecule has 0 saturated heterocycles. The minimum atomic E-state index is -0.525. The highest BCUT2D eigenvalue weighted by Crippen LogP contribution is 2.33. The summed E-state index contributed by atoms with van der Waals surface area (Å²) < 4.78 is 10.6. The number of aromatic nitrogens is 3. The second kappa shape index (κ2) is 9.43. The zero-order chi connectivity index (χ0) is 21.7. The first kappa shape index (κ1) is 21.4. The Bertz CT molecular complexity index is 1210. The third-order valence-electron chi connectivity index (χ3n) is 3.87. The molecule has 2 heterocycles. The van der Waals surface area contributed by atoms with Crippen molar-refractivity contribution < 1.29 is 14.3 Å². The van der Waals surface area contributed by atoms with E-state index in [4.69, 9.17) is 21.1 Å². The number of esters is 1. The Labute approximate surface area is 180 Å². The summed E-state index contributed by atoms with van der Waals surface area (Å²) in [5.74, 6) is -0.0468. The number of hydrogen-bond acceptors (Lipinski definition) is 8. The summed E-state index contributed by atoms with van der Waals surface area (Å²) in [5.41, 5.74) is 0.371. The van der Waals surface area contributed by atoms with Gasteiger partial charge in [0.25, 0.3) is 5.56 Å². The number of aromatic amines is 1. The smallest absolute Gasteiger partial charge is 0.338 e. The molecule has 2 aromatic heterocycles. The largest absolute Gasteiger partial charge is 0.462 e. The summed E-state index contributed by atoms with van der Waals surface area (Å²) in [5, 5.41) is 9.93. The Morgan fingerprint density at radius 1 is 1.33 bits per heavy atom. The number of carbonyl (C=O) groups excluding carboxylic acids is 1. The van der Waals surface area contributed by atoms with Crippen molar-refractivity contribution >= 4 is 29.3 Å². The lowest BCUT2D eigenvalue weighted by atomic mass is 10.1. The quantitative estimate of drug-likeness (QED) is 0.345. The van der Waals surface area contributed by atoms with Crippen LogP contribution in [0.4, 0.5) is 0 Å². The highest BCUT2D eigenvalue weighted by Gasteiger charge is 2.16. The topological polar surface area (TPSA) is 118 Å². The summed E-state index contributed by atoms with van der Waals surface area (Å²) in [6, 6.07) is 9.57. The van der Waals surface area contributed by atoms with Gasteiger partial charge in [0.15, 0.2) is 5.16 Å². The van der Waals surface area contributed by atoms with Gasteiger partial charge < -0.3 is 14.5 Å². The molecule has 0 saturated carbocycles. The van der Waals surface area contributed by atoms with Crippen molar-refractivity contribution in [2.45, 2.75) is 12.1 Å². The van der Waals surface area contributed by atoms with Crippen LogP contribution in [0.3, 0.4) is 0 Å². The maximum Gasteiger partial charge on any atom is 0.338 e. The van der Waals surface area contributed by atoms with Crippen molar-refractivity contribution in [3.63, 3.8) is 0 Å². The van der Waals surface area contributed by atoms with Crippen LogP contribution in [0, 0.1) is 11.3 Å². The number of nitrogens with one attached hydrogen (secondary N) is 1. The standard InChI is InChI=1S/C20H15ClN4O4S/c1-3-28-19(27)12-6-7-23-16(9-12)29-15-5-4-11(8-14(15)21)17-13(10-22)18(26)25-20(24-17)30-2/h4-9H,3H2,1-2H3,(H,24,25,26). The number of pyridine rings is 1. The van der Waals surface area contributed by atoms with Gasteiger partial charge in [0.05, 0.1) is 22.9 Å². The van der Waals surface area contributed by atoms with Crippen molar-refractivity contribution in [3.05, 3.63) is 63.0 Å². The zero-order valence-corrected chi connectivity index (χ0v) is 17.5. The van der Waals surface area contributed by atoms with Crippen molar-refractivity contribution in [3.8, 4) is 29.0 Å². The summed E-state index contributed by atoms with van der Waals surface area (Å²) >= 11 is 7.59. The molecule has 0 amide bonds. The third kappa shape index (κ3) is 4.62. The van der Waals surface area contributed by atoms with E-state index in [-0.39, 0.29) is 34.5 Å². The van der Waals surface area contributed by atoms with Crippen molar-refractivity contribution in [1.29, 1.82) is 5.26 Å². The molecule has 0 atom stereocenters. The number of nitriles is 1. The zero-order valence-electron chi connectivity index (χ0n) is 15.9. The number of rotatable bonds is 6. The van der Waals surface area contributed by atoms with Gasteiger partial charge in [0, 0.05) is 17.8 Å². The van der Waals surface area contributed by atoms with Gasteiger partial charge in [-0.05, 0) is 37.4 Å². The lowest BCUT2D eigenvalue weighted by molar-refractivity contribution is 0.0526. The van der Waals surface area contributed by atoms with Crippen LogP contribution in [0.15, 0.2) is 46.5 Å². The second-order valence-electron chi connectivity index (χ2n) is 5.76. The molecule has 3 rings (SSSR count). The fraction of sp³-hybridized carbons (Fsp3) is 0.150. The SMILES string of the molecule is CCOC(=O)c1ccnc(Oc2ccc(-c3nc(SC)[nH]c(=O)c3C#N)cc2Cl)c1. The fourth-order valence-corrected chi connectivity index (χ4v) is 3.11. The predicted molar refractivity (Wildman–Crippen MR) is 112 cm³/mol. The summed E-state index contributed by atoms with van der Waals surface area (Å²) in [6.45, 7) is 1.97. The van der Waals surface area contributed by atoms with Crippen LogP contribution < -0.4 is 10.3 Å². The average Bonchev–Trinajstić information content (AvgIpc) is 2.75. The maximum atomic E-state index is 12.1. The van der Waals surface area contributed by atoms with E-state index < -0.39 is 11.5 Å². The molecule has 0 aliphatic carbocycles. The van der Waals surface area contributed by atoms with Crippen molar-refractivity contribution in [2.75, 3.05) is 12.9 Å². The number of halogens is 1. The molecule has 1 N–H and O–H groups in total. The molecular weight excluding hydrogens is 428 g/mol. The number of hydrogen-bond donors (Lipinski definition) is 1. The van der Waals surface area contributed by atoms with E-state index in [0.717, 1.165) is 0 Å². The van der Waals surface area contributed by atoms with Gasteiger partial charge in [-0.3, -0.25) is 4.79 Å². The molecular formula is C20H15ClN4O4S. The number of H-pyrrole nitrogens is 1. The molecule has 0 radical (unpaired) electrons. The second-order valence-corrected chi connectivity index (χ2v) is 6.96. The number of nitrogens with zero attached hydrogens (tertiary/aromatic N) is 3. The molecule has 0 bridgehead atoms. The number of carbonyl (C=O) groups is 1. The van der Waals surface area contributed by atoms with Gasteiger partial charge in [-0.1, -0.05) is 23.4 Å². The Morgan fingerprint density at radius 2 is 2.13 bits per heavy atom. The van der Waals surface area contributed by atoms with E-state index in [1.165, 1.54) is 30.1 Å². The highest BCUT2D eigenvalue weighted by atomic mass is 35.5. The van der Waals surface area contributed by atoms with E-state index in [2.05, 4.69) is 15.0 Å². The monoisotopic (exact) mass is 442 g/mol. The molecule has 0 fully saturated rings. The van der Waals surface area contributed by atoms with Gasteiger partial charge in [-0.25, -0.2) is 14.8 Å². The van der Waals surface area contributed by atoms with Crippen LogP contribution in [0.25, 0.3) is 11.3 Å². The first-order valence-electron chi connectivity index (χ1n) is 8.66. The van der Waals surface area contributed by atoms with E-state index in [1.807, 2.05) is 6.07 Å².